The molecule has 0 saturated carbocycles. The van der Waals surface area contributed by atoms with Crippen molar-refractivity contribution in [3.05, 3.63) is 46.7 Å². The highest BCUT2D eigenvalue weighted by Crippen LogP contribution is 2.17. The monoisotopic (exact) mass is 249 g/mol. The number of hydrogen-bond acceptors (Lipinski definition) is 2. The molecule has 0 amide bonds. The van der Waals surface area contributed by atoms with Crippen LogP contribution in [-0.2, 0) is 6.42 Å². The fourth-order valence-electron chi connectivity index (χ4n) is 1.82. The Labute approximate surface area is 106 Å². The quantitative estimate of drug-likeness (QED) is 0.906. The van der Waals surface area contributed by atoms with Crippen molar-refractivity contribution < 1.29 is 0 Å². The molecule has 3 nitrogen and oxygen atoms in total. The Morgan fingerprint density at radius 2 is 2.00 bits per heavy atom. The first-order valence-electron chi connectivity index (χ1n) is 5.72. The van der Waals surface area contributed by atoms with Crippen LogP contribution in [-0.4, -0.2) is 16.3 Å². The molecule has 2 rings (SSSR count). The molecule has 90 valence electrons. The van der Waals surface area contributed by atoms with E-state index in [-0.39, 0.29) is 0 Å². The number of rotatable bonds is 4. The molecule has 1 heterocycles. The summed E-state index contributed by atoms with van der Waals surface area (Å²) in [5, 5.41) is 5.14. The third-order valence-electron chi connectivity index (χ3n) is 2.83. The molecule has 0 saturated heterocycles. The number of nitrogens with two attached hydrogens (primary N) is 1. The molecule has 1 aromatic carbocycles. The molecule has 0 aliphatic rings. The predicted octanol–water partition coefficient (Wildman–Crippen LogP) is 2.73. The zero-order chi connectivity index (χ0) is 12.3. The number of aromatic nitrogens is 2. The van der Waals surface area contributed by atoms with Gasteiger partial charge in [-0.05, 0) is 56.1 Å². The first-order valence-corrected chi connectivity index (χ1v) is 6.09. The highest BCUT2D eigenvalue weighted by molar-refractivity contribution is 6.30. The van der Waals surface area contributed by atoms with E-state index in [2.05, 4.69) is 12.0 Å². The Hall–Kier alpha value is -1.32. The number of aryl methyl sites for hydroxylation is 1. The van der Waals surface area contributed by atoms with Gasteiger partial charge in [0.1, 0.15) is 0 Å². The van der Waals surface area contributed by atoms with Gasteiger partial charge in [0.2, 0.25) is 0 Å². The Balaban J connectivity index is 2.27. The standard InChI is InChI=1S/C13H16ClN3/c1-10-11(3-2-8-15)9-16-17(10)13-6-4-12(14)5-7-13/h4-7,9H,2-3,8,15H2,1H3. The predicted molar refractivity (Wildman–Crippen MR) is 70.7 cm³/mol. The molecule has 0 aliphatic heterocycles. The fraction of sp³-hybridized carbons (Fsp3) is 0.308. The van der Waals surface area contributed by atoms with Gasteiger partial charge in [0.15, 0.2) is 0 Å². The van der Waals surface area contributed by atoms with Crippen molar-refractivity contribution in [2.45, 2.75) is 19.8 Å². The van der Waals surface area contributed by atoms with Crippen LogP contribution >= 0.6 is 11.6 Å². The van der Waals surface area contributed by atoms with Crippen molar-refractivity contribution in [3.8, 4) is 5.69 Å². The largest absolute Gasteiger partial charge is 0.330 e. The van der Waals surface area contributed by atoms with Crippen LogP contribution in [0.15, 0.2) is 30.5 Å². The van der Waals surface area contributed by atoms with Gasteiger partial charge in [0.25, 0.3) is 0 Å². The Morgan fingerprint density at radius 1 is 1.29 bits per heavy atom. The fourth-order valence-corrected chi connectivity index (χ4v) is 1.95. The molecule has 2 aromatic rings. The maximum atomic E-state index is 5.87. The average Bonchev–Trinajstić information content (AvgIpc) is 2.69. The van der Waals surface area contributed by atoms with E-state index in [1.807, 2.05) is 35.1 Å². The normalized spacial score (nSPS) is 10.8. The van der Waals surface area contributed by atoms with Crippen LogP contribution in [0.4, 0.5) is 0 Å². The minimum absolute atomic E-state index is 0.714. The minimum Gasteiger partial charge on any atom is -0.330 e. The number of benzene rings is 1. The van der Waals surface area contributed by atoms with Crippen molar-refractivity contribution in [2.24, 2.45) is 5.73 Å². The molecule has 0 atom stereocenters. The molecular formula is C13H16ClN3. The molecule has 0 aliphatic carbocycles. The summed E-state index contributed by atoms with van der Waals surface area (Å²) in [6, 6.07) is 7.68. The molecule has 0 spiro atoms. The van der Waals surface area contributed by atoms with Crippen LogP contribution in [0.5, 0.6) is 0 Å². The SMILES string of the molecule is Cc1c(CCCN)cnn1-c1ccc(Cl)cc1. The van der Waals surface area contributed by atoms with E-state index in [1.54, 1.807) is 0 Å². The van der Waals surface area contributed by atoms with Gasteiger partial charge in [-0.25, -0.2) is 4.68 Å². The van der Waals surface area contributed by atoms with Crippen molar-refractivity contribution in [1.29, 1.82) is 0 Å². The Bertz CT molecular complexity index is 488. The summed E-state index contributed by atoms with van der Waals surface area (Å²) in [4.78, 5) is 0. The van der Waals surface area contributed by atoms with Gasteiger partial charge in [0.05, 0.1) is 11.9 Å². The summed E-state index contributed by atoms with van der Waals surface area (Å²) in [6.07, 6.45) is 3.89. The summed E-state index contributed by atoms with van der Waals surface area (Å²) in [7, 11) is 0. The molecule has 0 bridgehead atoms. The lowest BCUT2D eigenvalue weighted by molar-refractivity contribution is 0.815. The van der Waals surface area contributed by atoms with E-state index < -0.39 is 0 Å². The topological polar surface area (TPSA) is 43.8 Å². The summed E-state index contributed by atoms with van der Waals surface area (Å²) < 4.78 is 1.93. The second-order valence-electron chi connectivity index (χ2n) is 4.04. The zero-order valence-electron chi connectivity index (χ0n) is 9.86. The van der Waals surface area contributed by atoms with Crippen LogP contribution in [0.3, 0.4) is 0 Å². The van der Waals surface area contributed by atoms with Crippen molar-refractivity contribution in [3.63, 3.8) is 0 Å². The second-order valence-corrected chi connectivity index (χ2v) is 4.47. The van der Waals surface area contributed by atoms with Crippen molar-refractivity contribution in [2.75, 3.05) is 6.54 Å². The maximum absolute atomic E-state index is 5.87. The summed E-state index contributed by atoms with van der Waals surface area (Å²) in [5.74, 6) is 0. The number of halogens is 1. The van der Waals surface area contributed by atoms with E-state index in [0.717, 1.165) is 23.6 Å². The summed E-state index contributed by atoms with van der Waals surface area (Å²) >= 11 is 5.87. The Morgan fingerprint density at radius 3 is 2.65 bits per heavy atom. The smallest absolute Gasteiger partial charge is 0.0649 e. The van der Waals surface area contributed by atoms with E-state index in [0.29, 0.717) is 6.54 Å². The van der Waals surface area contributed by atoms with E-state index in [4.69, 9.17) is 17.3 Å². The van der Waals surface area contributed by atoms with Gasteiger partial charge in [0, 0.05) is 10.7 Å². The first kappa shape index (κ1) is 12.1. The van der Waals surface area contributed by atoms with Crippen molar-refractivity contribution >= 4 is 11.6 Å². The van der Waals surface area contributed by atoms with Gasteiger partial charge in [-0.2, -0.15) is 5.10 Å². The second kappa shape index (κ2) is 5.34. The van der Waals surface area contributed by atoms with Gasteiger partial charge >= 0.3 is 0 Å². The number of hydrogen-bond donors (Lipinski definition) is 1. The van der Waals surface area contributed by atoms with Gasteiger partial charge < -0.3 is 5.73 Å². The van der Waals surface area contributed by atoms with Crippen LogP contribution in [0, 0.1) is 6.92 Å². The summed E-state index contributed by atoms with van der Waals surface area (Å²) in [5.41, 5.74) is 8.97. The van der Waals surface area contributed by atoms with Crippen LogP contribution in [0.25, 0.3) is 5.69 Å². The molecule has 0 unspecified atom stereocenters. The van der Waals surface area contributed by atoms with E-state index in [1.165, 1.54) is 11.3 Å². The van der Waals surface area contributed by atoms with Gasteiger partial charge in [-0.15, -0.1) is 0 Å². The third kappa shape index (κ3) is 2.68. The maximum Gasteiger partial charge on any atom is 0.0649 e. The Kier molecular flexibility index (Phi) is 3.82. The lowest BCUT2D eigenvalue weighted by atomic mass is 10.1. The third-order valence-corrected chi connectivity index (χ3v) is 3.08. The van der Waals surface area contributed by atoms with Crippen LogP contribution in [0.2, 0.25) is 5.02 Å². The lowest BCUT2D eigenvalue weighted by Crippen LogP contribution is -2.02. The highest BCUT2D eigenvalue weighted by Gasteiger charge is 2.07. The highest BCUT2D eigenvalue weighted by atomic mass is 35.5. The lowest BCUT2D eigenvalue weighted by Gasteiger charge is -2.05. The van der Waals surface area contributed by atoms with Gasteiger partial charge in [-0.3, -0.25) is 0 Å². The molecule has 1 aromatic heterocycles. The molecule has 4 heteroatoms. The number of nitrogens with zero attached hydrogens (tertiary/aromatic N) is 2. The molecule has 0 fully saturated rings. The molecular weight excluding hydrogens is 234 g/mol. The van der Waals surface area contributed by atoms with Crippen molar-refractivity contribution in [1.82, 2.24) is 9.78 Å². The van der Waals surface area contributed by atoms with E-state index >= 15 is 0 Å². The summed E-state index contributed by atoms with van der Waals surface area (Å²) in [6.45, 7) is 2.79. The molecule has 17 heavy (non-hydrogen) atoms. The first-order chi connectivity index (χ1) is 8.22. The minimum atomic E-state index is 0.714. The van der Waals surface area contributed by atoms with Gasteiger partial charge in [-0.1, -0.05) is 11.6 Å². The average molecular weight is 250 g/mol. The van der Waals surface area contributed by atoms with E-state index in [9.17, 15) is 0 Å². The van der Waals surface area contributed by atoms with Crippen LogP contribution in [0.1, 0.15) is 17.7 Å². The molecule has 2 N–H and O–H groups in total. The van der Waals surface area contributed by atoms with Crippen LogP contribution < -0.4 is 5.73 Å². The zero-order valence-corrected chi connectivity index (χ0v) is 10.6. The molecule has 0 radical (unpaired) electrons.